The Morgan fingerprint density at radius 3 is 2.56 bits per heavy atom. The van der Waals surface area contributed by atoms with Crippen molar-refractivity contribution in [2.75, 3.05) is 6.54 Å². The van der Waals surface area contributed by atoms with E-state index < -0.39 is 16.0 Å². The molecular weight excluding hydrogens is 258 g/mol. The van der Waals surface area contributed by atoms with Gasteiger partial charge in [-0.1, -0.05) is 0 Å². The van der Waals surface area contributed by atoms with Crippen LogP contribution >= 0.6 is 0 Å². The van der Waals surface area contributed by atoms with Gasteiger partial charge in [0.25, 0.3) is 10.0 Å². The monoisotopic (exact) mass is 275 g/mol. The van der Waals surface area contributed by atoms with Crippen molar-refractivity contribution >= 4 is 16.0 Å². The van der Waals surface area contributed by atoms with E-state index in [0.717, 1.165) is 4.31 Å². The third-order valence-corrected chi connectivity index (χ3v) is 4.62. The molecule has 0 radical (unpaired) electrons. The van der Waals surface area contributed by atoms with Crippen LogP contribution in [0.25, 0.3) is 0 Å². The van der Waals surface area contributed by atoms with Gasteiger partial charge in [0.05, 0.1) is 12.6 Å². The van der Waals surface area contributed by atoms with Crippen LogP contribution in [-0.4, -0.2) is 46.2 Å². The molecule has 18 heavy (non-hydrogen) atoms. The van der Waals surface area contributed by atoms with Gasteiger partial charge in [-0.3, -0.25) is 9.48 Å². The lowest BCUT2D eigenvalue weighted by Crippen LogP contribution is -2.39. The van der Waals surface area contributed by atoms with Crippen molar-refractivity contribution in [3.63, 3.8) is 0 Å². The summed E-state index contributed by atoms with van der Waals surface area (Å²) in [5, 5.41) is 12.5. The van der Waals surface area contributed by atoms with E-state index in [2.05, 4.69) is 5.10 Å². The van der Waals surface area contributed by atoms with E-state index in [9.17, 15) is 13.2 Å². The third kappa shape index (κ3) is 3.08. The number of sulfonamides is 1. The Hall–Kier alpha value is -1.41. The topological polar surface area (TPSA) is 92.5 Å². The van der Waals surface area contributed by atoms with Gasteiger partial charge in [0.1, 0.15) is 0 Å². The van der Waals surface area contributed by atoms with Gasteiger partial charge in [-0.25, -0.2) is 8.42 Å². The Morgan fingerprint density at radius 1 is 1.56 bits per heavy atom. The Kier molecular flexibility index (Phi) is 4.47. The second-order valence-corrected chi connectivity index (χ2v) is 5.98. The van der Waals surface area contributed by atoms with Gasteiger partial charge < -0.3 is 5.11 Å². The molecule has 0 aliphatic carbocycles. The summed E-state index contributed by atoms with van der Waals surface area (Å²) in [5.41, 5.74) is 0. The molecule has 0 saturated carbocycles. The summed E-state index contributed by atoms with van der Waals surface area (Å²) in [6, 6.07) is 1.08. The van der Waals surface area contributed by atoms with Gasteiger partial charge in [0.2, 0.25) is 0 Å². The van der Waals surface area contributed by atoms with Gasteiger partial charge >= 0.3 is 5.97 Å². The molecule has 0 aliphatic rings. The number of hydrogen-bond donors (Lipinski definition) is 1. The number of carboxylic acid groups (broad SMARTS) is 1. The van der Waals surface area contributed by atoms with Crippen LogP contribution in [0, 0.1) is 0 Å². The average Bonchev–Trinajstić information content (AvgIpc) is 2.63. The zero-order valence-corrected chi connectivity index (χ0v) is 11.4. The van der Waals surface area contributed by atoms with Crippen molar-refractivity contribution in [3.8, 4) is 0 Å². The molecule has 0 unspecified atom stereocenters. The van der Waals surface area contributed by atoms with Crippen LogP contribution < -0.4 is 0 Å². The predicted molar refractivity (Wildman–Crippen MR) is 64.5 cm³/mol. The van der Waals surface area contributed by atoms with E-state index in [-0.39, 0.29) is 24.0 Å². The quantitative estimate of drug-likeness (QED) is 0.805. The molecule has 0 bridgehead atoms. The summed E-state index contributed by atoms with van der Waals surface area (Å²) in [5.74, 6) is -1.03. The molecule has 102 valence electrons. The Morgan fingerprint density at radius 2 is 2.17 bits per heavy atom. The fraction of sp³-hybridized carbons (Fsp3) is 0.600. The van der Waals surface area contributed by atoms with E-state index >= 15 is 0 Å². The highest BCUT2D eigenvalue weighted by atomic mass is 32.2. The summed E-state index contributed by atoms with van der Waals surface area (Å²) in [7, 11) is -2.18. The number of aromatic nitrogens is 2. The highest BCUT2D eigenvalue weighted by molar-refractivity contribution is 7.89. The first-order valence-corrected chi connectivity index (χ1v) is 6.92. The van der Waals surface area contributed by atoms with Crippen molar-refractivity contribution in [2.24, 2.45) is 7.05 Å². The molecule has 1 aromatic rings. The van der Waals surface area contributed by atoms with Crippen molar-refractivity contribution in [1.82, 2.24) is 14.1 Å². The maximum atomic E-state index is 12.3. The number of aliphatic carboxylic acids is 1. The molecule has 0 amide bonds. The first kappa shape index (κ1) is 14.7. The number of aryl methyl sites for hydroxylation is 1. The minimum atomic E-state index is -3.71. The lowest BCUT2D eigenvalue weighted by molar-refractivity contribution is -0.137. The SMILES string of the molecule is CC(C)N(CCC(=O)O)S(=O)(=O)c1ccnn1C. The van der Waals surface area contributed by atoms with Crippen LogP contribution in [0.4, 0.5) is 0 Å². The summed E-state index contributed by atoms with van der Waals surface area (Å²) in [6.45, 7) is 3.35. The standard InChI is InChI=1S/C10H17N3O4S/c1-8(2)13(7-5-10(14)15)18(16,17)9-4-6-11-12(9)3/h4,6,8H,5,7H2,1-3H3,(H,14,15). The highest BCUT2D eigenvalue weighted by Gasteiger charge is 2.29. The van der Waals surface area contributed by atoms with Crippen LogP contribution in [0.3, 0.4) is 0 Å². The molecule has 1 rings (SSSR count). The van der Waals surface area contributed by atoms with Crippen LogP contribution in [0.2, 0.25) is 0 Å². The summed E-state index contributed by atoms with van der Waals surface area (Å²) in [6.07, 6.45) is 1.16. The first-order chi connectivity index (χ1) is 8.26. The third-order valence-electron chi connectivity index (χ3n) is 2.47. The zero-order valence-electron chi connectivity index (χ0n) is 10.6. The molecule has 0 aromatic carbocycles. The molecule has 0 atom stereocenters. The molecule has 1 N–H and O–H groups in total. The molecule has 8 heteroatoms. The van der Waals surface area contributed by atoms with Crippen molar-refractivity contribution in [2.45, 2.75) is 31.3 Å². The fourth-order valence-electron chi connectivity index (χ4n) is 1.60. The Bertz CT molecular complexity index is 521. The zero-order chi connectivity index (χ0) is 13.9. The van der Waals surface area contributed by atoms with Crippen molar-refractivity contribution < 1.29 is 18.3 Å². The van der Waals surface area contributed by atoms with Gasteiger partial charge in [0.15, 0.2) is 5.03 Å². The first-order valence-electron chi connectivity index (χ1n) is 5.48. The normalized spacial score (nSPS) is 12.3. The smallest absolute Gasteiger partial charge is 0.304 e. The maximum Gasteiger partial charge on any atom is 0.304 e. The predicted octanol–water partition coefficient (Wildman–Crippen LogP) is 0.294. The maximum absolute atomic E-state index is 12.3. The summed E-state index contributed by atoms with van der Waals surface area (Å²) >= 11 is 0. The largest absolute Gasteiger partial charge is 0.481 e. The Labute approximate surface area is 106 Å². The van der Waals surface area contributed by atoms with E-state index in [1.807, 2.05) is 0 Å². The molecule has 0 aliphatic heterocycles. The number of carbonyl (C=O) groups is 1. The van der Waals surface area contributed by atoms with Crippen LogP contribution in [0.15, 0.2) is 17.3 Å². The lowest BCUT2D eigenvalue weighted by atomic mass is 10.3. The Balaban J connectivity index is 3.05. The molecular formula is C10H17N3O4S. The lowest BCUT2D eigenvalue weighted by Gasteiger charge is -2.25. The van der Waals surface area contributed by atoms with Crippen molar-refractivity contribution in [1.29, 1.82) is 0 Å². The number of carboxylic acids is 1. The van der Waals surface area contributed by atoms with Crippen LogP contribution in [0.5, 0.6) is 0 Å². The van der Waals surface area contributed by atoms with E-state index in [0.29, 0.717) is 0 Å². The number of nitrogens with zero attached hydrogens (tertiary/aromatic N) is 3. The molecule has 7 nitrogen and oxygen atoms in total. The molecule has 1 aromatic heterocycles. The van der Waals surface area contributed by atoms with E-state index in [1.54, 1.807) is 13.8 Å². The summed E-state index contributed by atoms with van der Waals surface area (Å²) in [4.78, 5) is 10.6. The minimum absolute atomic E-state index is 0.0550. The van der Waals surface area contributed by atoms with Crippen molar-refractivity contribution in [3.05, 3.63) is 12.3 Å². The van der Waals surface area contributed by atoms with Gasteiger partial charge in [-0.15, -0.1) is 0 Å². The second-order valence-electron chi connectivity index (χ2n) is 4.15. The minimum Gasteiger partial charge on any atom is -0.481 e. The molecule has 0 spiro atoms. The number of rotatable bonds is 6. The molecule has 0 saturated heterocycles. The average molecular weight is 275 g/mol. The molecule has 0 fully saturated rings. The van der Waals surface area contributed by atoms with E-state index in [4.69, 9.17) is 5.11 Å². The number of hydrogen-bond acceptors (Lipinski definition) is 4. The van der Waals surface area contributed by atoms with Gasteiger partial charge in [-0.2, -0.15) is 9.40 Å². The van der Waals surface area contributed by atoms with Crippen LogP contribution in [-0.2, 0) is 21.9 Å². The molecule has 1 heterocycles. The fourth-order valence-corrected chi connectivity index (χ4v) is 3.34. The van der Waals surface area contributed by atoms with Crippen LogP contribution in [0.1, 0.15) is 20.3 Å². The second kappa shape index (κ2) is 5.49. The van der Waals surface area contributed by atoms with Gasteiger partial charge in [-0.05, 0) is 19.9 Å². The van der Waals surface area contributed by atoms with E-state index in [1.165, 1.54) is 24.0 Å². The van der Waals surface area contributed by atoms with Gasteiger partial charge in [0, 0.05) is 19.6 Å². The summed E-state index contributed by atoms with van der Waals surface area (Å²) < 4.78 is 27.1. The highest BCUT2D eigenvalue weighted by Crippen LogP contribution is 2.17.